The number of rotatable bonds is 4. The predicted molar refractivity (Wildman–Crippen MR) is 112 cm³/mol. The van der Waals surface area contributed by atoms with Crippen LogP contribution in [0.25, 0.3) is 10.8 Å². The molecule has 8 nitrogen and oxygen atoms in total. The van der Waals surface area contributed by atoms with Crippen molar-refractivity contribution in [2.45, 2.75) is 38.3 Å². The van der Waals surface area contributed by atoms with Crippen LogP contribution < -0.4 is 25.7 Å². The standard InChI is InChI=1S/C22H22N4O4/c27-21-17-8-4-3-7-16(17)18(25-26(21)15-5-1-2-6-15)12-23-22(28)24-14-9-10-19-20(11-14)30-13-29-19/h3-4,7-11,15H,1-2,5-6,12-13H2,(H2,23,24,28). The number of carbonyl (C=O) groups is 1. The van der Waals surface area contributed by atoms with Gasteiger partial charge in [-0.3, -0.25) is 4.79 Å². The predicted octanol–water partition coefficient (Wildman–Crippen LogP) is 3.56. The highest BCUT2D eigenvalue weighted by Crippen LogP contribution is 2.34. The molecule has 2 aromatic carbocycles. The molecular weight excluding hydrogens is 384 g/mol. The van der Waals surface area contributed by atoms with Gasteiger partial charge >= 0.3 is 6.03 Å². The van der Waals surface area contributed by atoms with Crippen LogP contribution in [0, 0.1) is 0 Å². The third-order valence-corrected chi connectivity index (χ3v) is 5.62. The number of urea groups is 1. The molecule has 1 aliphatic heterocycles. The molecule has 2 amide bonds. The highest BCUT2D eigenvalue weighted by atomic mass is 16.7. The first-order chi connectivity index (χ1) is 14.7. The van der Waals surface area contributed by atoms with E-state index in [1.165, 1.54) is 0 Å². The lowest BCUT2D eigenvalue weighted by atomic mass is 10.1. The maximum atomic E-state index is 12.9. The van der Waals surface area contributed by atoms with E-state index in [1.807, 2.05) is 24.3 Å². The summed E-state index contributed by atoms with van der Waals surface area (Å²) in [6.45, 7) is 0.393. The van der Waals surface area contributed by atoms with Gasteiger partial charge in [-0.25, -0.2) is 9.48 Å². The third-order valence-electron chi connectivity index (χ3n) is 5.62. The highest BCUT2D eigenvalue weighted by Gasteiger charge is 2.21. The Kier molecular flexibility index (Phi) is 4.74. The third kappa shape index (κ3) is 3.45. The van der Waals surface area contributed by atoms with E-state index in [0.717, 1.165) is 31.1 Å². The molecule has 1 aromatic heterocycles. The van der Waals surface area contributed by atoms with Crippen LogP contribution in [-0.2, 0) is 6.54 Å². The second-order valence-electron chi connectivity index (χ2n) is 7.56. The van der Waals surface area contributed by atoms with Gasteiger partial charge in [0.05, 0.1) is 23.7 Å². The summed E-state index contributed by atoms with van der Waals surface area (Å²) in [6, 6.07) is 12.4. The number of carbonyl (C=O) groups excluding carboxylic acids is 1. The Morgan fingerprint density at radius 2 is 1.83 bits per heavy atom. The average molecular weight is 406 g/mol. The zero-order valence-corrected chi connectivity index (χ0v) is 16.4. The molecule has 30 heavy (non-hydrogen) atoms. The van der Waals surface area contributed by atoms with Gasteiger partial charge in [0.1, 0.15) is 0 Å². The Morgan fingerprint density at radius 3 is 2.67 bits per heavy atom. The molecule has 1 aliphatic carbocycles. The lowest BCUT2D eigenvalue weighted by Gasteiger charge is -2.16. The van der Waals surface area contributed by atoms with E-state index < -0.39 is 0 Å². The number of ether oxygens (including phenoxy) is 2. The summed E-state index contributed by atoms with van der Waals surface area (Å²) in [5.74, 6) is 1.26. The smallest absolute Gasteiger partial charge is 0.319 e. The topological polar surface area (TPSA) is 94.5 Å². The zero-order chi connectivity index (χ0) is 20.5. The Morgan fingerprint density at radius 1 is 1.07 bits per heavy atom. The molecule has 5 rings (SSSR count). The largest absolute Gasteiger partial charge is 0.454 e. The summed E-state index contributed by atoms with van der Waals surface area (Å²) >= 11 is 0. The van der Waals surface area contributed by atoms with Crippen molar-refractivity contribution >= 4 is 22.5 Å². The van der Waals surface area contributed by atoms with Gasteiger partial charge in [0.25, 0.3) is 5.56 Å². The Balaban J connectivity index is 1.36. The molecule has 154 valence electrons. The molecule has 0 spiro atoms. The molecule has 2 N–H and O–H groups in total. The van der Waals surface area contributed by atoms with Crippen molar-refractivity contribution in [2.24, 2.45) is 0 Å². The summed E-state index contributed by atoms with van der Waals surface area (Å²) in [7, 11) is 0. The summed E-state index contributed by atoms with van der Waals surface area (Å²) in [6.07, 6.45) is 4.14. The van der Waals surface area contributed by atoms with Crippen molar-refractivity contribution in [1.82, 2.24) is 15.1 Å². The second-order valence-corrected chi connectivity index (χ2v) is 7.56. The summed E-state index contributed by atoms with van der Waals surface area (Å²) in [5, 5.41) is 11.7. The van der Waals surface area contributed by atoms with Crippen molar-refractivity contribution in [3.05, 3.63) is 58.5 Å². The minimum Gasteiger partial charge on any atom is -0.454 e. The van der Waals surface area contributed by atoms with Crippen LogP contribution in [0.2, 0.25) is 0 Å². The van der Waals surface area contributed by atoms with Gasteiger partial charge in [0.2, 0.25) is 6.79 Å². The first-order valence-corrected chi connectivity index (χ1v) is 10.1. The zero-order valence-electron chi connectivity index (χ0n) is 16.4. The average Bonchev–Trinajstić information content (AvgIpc) is 3.45. The number of nitrogens with zero attached hydrogens (tertiary/aromatic N) is 2. The van der Waals surface area contributed by atoms with Gasteiger partial charge in [-0.2, -0.15) is 5.10 Å². The first kappa shape index (κ1) is 18.5. The fraction of sp³-hybridized carbons (Fsp3) is 0.318. The number of amides is 2. The number of aromatic nitrogens is 2. The van der Waals surface area contributed by atoms with Crippen LogP contribution in [0.1, 0.15) is 37.4 Å². The lowest BCUT2D eigenvalue weighted by Crippen LogP contribution is -2.32. The van der Waals surface area contributed by atoms with E-state index >= 15 is 0 Å². The second kappa shape index (κ2) is 7.70. The van der Waals surface area contributed by atoms with Crippen LogP contribution in [0.3, 0.4) is 0 Å². The Hall–Kier alpha value is -3.55. The van der Waals surface area contributed by atoms with Crippen molar-refractivity contribution in [3.8, 4) is 11.5 Å². The van der Waals surface area contributed by atoms with Crippen LogP contribution in [-0.4, -0.2) is 22.6 Å². The molecular formula is C22H22N4O4. The Labute approximate surface area is 172 Å². The van der Waals surface area contributed by atoms with Crippen LogP contribution in [0.15, 0.2) is 47.3 Å². The molecule has 0 unspecified atom stereocenters. The van der Waals surface area contributed by atoms with Gasteiger partial charge < -0.3 is 20.1 Å². The number of anilines is 1. The number of benzene rings is 2. The summed E-state index contributed by atoms with van der Waals surface area (Å²) in [5.41, 5.74) is 1.22. The van der Waals surface area contributed by atoms with E-state index in [-0.39, 0.29) is 31.0 Å². The van der Waals surface area contributed by atoms with E-state index in [1.54, 1.807) is 22.9 Å². The highest BCUT2D eigenvalue weighted by molar-refractivity contribution is 5.90. The van der Waals surface area contributed by atoms with Crippen LogP contribution in [0.5, 0.6) is 11.5 Å². The molecule has 2 heterocycles. The minimum absolute atomic E-state index is 0.0638. The normalized spacial score (nSPS) is 15.5. The van der Waals surface area contributed by atoms with Gasteiger partial charge in [0, 0.05) is 17.1 Å². The number of nitrogens with one attached hydrogen (secondary N) is 2. The van der Waals surface area contributed by atoms with Gasteiger partial charge in [-0.15, -0.1) is 0 Å². The van der Waals surface area contributed by atoms with Crippen LogP contribution >= 0.6 is 0 Å². The molecule has 0 atom stereocenters. The molecule has 8 heteroatoms. The first-order valence-electron chi connectivity index (χ1n) is 10.1. The van der Waals surface area contributed by atoms with E-state index in [9.17, 15) is 9.59 Å². The van der Waals surface area contributed by atoms with Gasteiger partial charge in [-0.05, 0) is 31.0 Å². The molecule has 1 fully saturated rings. The SMILES string of the molecule is O=C(NCc1nn(C2CCCC2)c(=O)c2ccccc12)Nc1ccc2c(c1)OCO2. The molecule has 0 radical (unpaired) electrons. The van der Waals surface area contributed by atoms with E-state index in [0.29, 0.717) is 28.3 Å². The fourth-order valence-electron chi connectivity index (χ4n) is 4.11. The maximum absolute atomic E-state index is 12.9. The van der Waals surface area contributed by atoms with Gasteiger partial charge in [0.15, 0.2) is 11.5 Å². The molecule has 0 bridgehead atoms. The number of hydrogen-bond donors (Lipinski definition) is 2. The molecule has 2 aliphatic rings. The van der Waals surface area contributed by atoms with E-state index in [2.05, 4.69) is 15.7 Å². The van der Waals surface area contributed by atoms with Crippen molar-refractivity contribution in [3.63, 3.8) is 0 Å². The van der Waals surface area contributed by atoms with Crippen molar-refractivity contribution in [1.29, 1.82) is 0 Å². The molecule has 1 saturated carbocycles. The van der Waals surface area contributed by atoms with Crippen LogP contribution in [0.4, 0.5) is 10.5 Å². The summed E-state index contributed by atoms with van der Waals surface area (Å²) in [4.78, 5) is 25.4. The fourth-order valence-corrected chi connectivity index (χ4v) is 4.11. The van der Waals surface area contributed by atoms with Gasteiger partial charge in [-0.1, -0.05) is 31.0 Å². The van der Waals surface area contributed by atoms with Crippen molar-refractivity contribution in [2.75, 3.05) is 12.1 Å². The molecule has 3 aromatic rings. The minimum atomic E-state index is -0.363. The quantitative estimate of drug-likeness (QED) is 0.691. The molecule has 0 saturated heterocycles. The maximum Gasteiger partial charge on any atom is 0.319 e. The Bertz CT molecular complexity index is 1170. The number of hydrogen-bond acceptors (Lipinski definition) is 5. The number of fused-ring (bicyclic) bond motifs is 2. The summed E-state index contributed by atoms with van der Waals surface area (Å²) < 4.78 is 12.2. The van der Waals surface area contributed by atoms with Crippen molar-refractivity contribution < 1.29 is 14.3 Å². The monoisotopic (exact) mass is 406 g/mol. The van der Waals surface area contributed by atoms with E-state index in [4.69, 9.17) is 9.47 Å². The lowest BCUT2D eigenvalue weighted by molar-refractivity contribution is 0.174.